The van der Waals surface area contributed by atoms with E-state index in [1.807, 2.05) is 0 Å². The van der Waals surface area contributed by atoms with E-state index in [4.69, 9.17) is 4.74 Å². The zero-order valence-corrected chi connectivity index (χ0v) is 5.84. The molecule has 9 heavy (non-hydrogen) atoms. The molecule has 0 radical (unpaired) electrons. The van der Waals surface area contributed by atoms with Gasteiger partial charge in [-0.2, -0.15) is 0 Å². The second-order valence-electron chi connectivity index (χ2n) is 3.13. The van der Waals surface area contributed by atoms with Crippen molar-refractivity contribution in [2.45, 2.75) is 25.0 Å². The fourth-order valence-corrected chi connectivity index (χ4v) is 1.16. The number of hydrogen-bond donors (Lipinski definition) is 0. The van der Waals surface area contributed by atoms with Crippen LogP contribution in [0.15, 0.2) is 0 Å². The molecule has 1 aliphatic heterocycles. The highest BCUT2D eigenvalue weighted by molar-refractivity contribution is 4.85. The molecule has 2 nitrogen and oxygen atoms in total. The Kier molecular flexibility index (Phi) is 1.24. The lowest BCUT2D eigenvalue weighted by molar-refractivity contribution is 0.277. The van der Waals surface area contributed by atoms with Crippen molar-refractivity contribution in [1.29, 1.82) is 0 Å². The van der Waals surface area contributed by atoms with Crippen LogP contribution >= 0.6 is 0 Å². The van der Waals surface area contributed by atoms with Crippen LogP contribution in [0, 0.1) is 0 Å². The number of ether oxygens (including phenoxy) is 1. The van der Waals surface area contributed by atoms with Crippen molar-refractivity contribution in [3.63, 3.8) is 0 Å². The fraction of sp³-hybridized carbons (Fsp3) is 1.00. The first-order valence-electron chi connectivity index (χ1n) is 3.68. The van der Waals surface area contributed by atoms with E-state index in [2.05, 4.69) is 11.9 Å². The van der Waals surface area contributed by atoms with Crippen molar-refractivity contribution >= 4 is 0 Å². The Hall–Kier alpha value is -0.0800. The van der Waals surface area contributed by atoms with E-state index in [1.54, 1.807) is 0 Å². The molecule has 0 unspecified atom stereocenters. The smallest absolute Gasteiger partial charge is 0.0936 e. The van der Waals surface area contributed by atoms with Gasteiger partial charge in [0.15, 0.2) is 0 Å². The molecule has 2 aliphatic rings. The molecule has 0 amide bonds. The second kappa shape index (κ2) is 1.96. The minimum absolute atomic E-state index is 0.579. The molecule has 1 atom stereocenters. The molecule has 0 bridgehead atoms. The van der Waals surface area contributed by atoms with Gasteiger partial charge >= 0.3 is 0 Å². The Morgan fingerprint density at radius 2 is 2.22 bits per heavy atom. The largest absolute Gasteiger partial charge is 0.372 e. The van der Waals surface area contributed by atoms with Crippen molar-refractivity contribution in [3.05, 3.63) is 0 Å². The van der Waals surface area contributed by atoms with Crippen LogP contribution in [-0.2, 0) is 4.74 Å². The van der Waals surface area contributed by atoms with E-state index in [9.17, 15) is 0 Å². The van der Waals surface area contributed by atoms with Gasteiger partial charge in [-0.25, -0.2) is 0 Å². The molecule has 1 saturated heterocycles. The maximum absolute atomic E-state index is 5.12. The molecule has 0 N–H and O–H groups in total. The van der Waals surface area contributed by atoms with Gasteiger partial charge in [0.25, 0.3) is 0 Å². The minimum atomic E-state index is 0.579. The van der Waals surface area contributed by atoms with Crippen LogP contribution in [-0.4, -0.2) is 37.2 Å². The Morgan fingerprint density at radius 3 is 2.67 bits per heavy atom. The third-order valence-electron chi connectivity index (χ3n) is 2.06. The maximum Gasteiger partial charge on any atom is 0.0936 e. The van der Waals surface area contributed by atoms with Crippen LogP contribution in [0.1, 0.15) is 12.8 Å². The first-order valence-corrected chi connectivity index (χ1v) is 3.68. The van der Waals surface area contributed by atoms with Gasteiger partial charge in [-0.3, -0.25) is 0 Å². The highest BCUT2D eigenvalue weighted by atomic mass is 16.6. The summed E-state index contributed by atoms with van der Waals surface area (Å²) in [6, 6.07) is 0.897. The van der Waals surface area contributed by atoms with Crippen LogP contribution in [0.2, 0.25) is 0 Å². The molecular formula is C7H13NO. The molecule has 0 aromatic rings. The topological polar surface area (TPSA) is 15.8 Å². The van der Waals surface area contributed by atoms with E-state index < -0.39 is 0 Å². The standard InChI is InChI=1S/C7H13NO/c1-8(6-2-3-6)4-7-5-9-7/h6-7H,2-5H2,1H3/t7-/m0/s1. The van der Waals surface area contributed by atoms with Crippen molar-refractivity contribution in [2.24, 2.45) is 0 Å². The van der Waals surface area contributed by atoms with Crippen molar-refractivity contribution in [1.82, 2.24) is 4.90 Å². The van der Waals surface area contributed by atoms with Crippen LogP contribution in [0.25, 0.3) is 0 Å². The summed E-state index contributed by atoms with van der Waals surface area (Å²) in [5.41, 5.74) is 0. The maximum atomic E-state index is 5.12. The molecule has 2 fully saturated rings. The first kappa shape index (κ1) is 5.69. The number of epoxide rings is 1. The molecule has 2 rings (SSSR count). The zero-order chi connectivity index (χ0) is 6.27. The lowest BCUT2D eigenvalue weighted by atomic mass is 10.4. The van der Waals surface area contributed by atoms with E-state index in [0.717, 1.165) is 19.2 Å². The summed E-state index contributed by atoms with van der Waals surface area (Å²) in [4.78, 5) is 2.41. The summed E-state index contributed by atoms with van der Waals surface area (Å²) in [5, 5.41) is 0. The molecule has 0 aromatic heterocycles. The van der Waals surface area contributed by atoms with E-state index in [0.29, 0.717) is 6.10 Å². The van der Waals surface area contributed by atoms with Gasteiger partial charge in [0.05, 0.1) is 12.7 Å². The molecule has 52 valence electrons. The van der Waals surface area contributed by atoms with Crippen molar-refractivity contribution in [2.75, 3.05) is 20.2 Å². The van der Waals surface area contributed by atoms with Crippen molar-refractivity contribution in [3.8, 4) is 0 Å². The zero-order valence-electron chi connectivity index (χ0n) is 5.84. The Labute approximate surface area is 55.8 Å². The third kappa shape index (κ3) is 1.43. The summed E-state index contributed by atoms with van der Waals surface area (Å²) in [6.07, 6.45) is 3.39. The quantitative estimate of drug-likeness (QED) is 0.512. The van der Waals surface area contributed by atoms with Gasteiger partial charge < -0.3 is 9.64 Å². The van der Waals surface area contributed by atoms with Gasteiger partial charge in [0.1, 0.15) is 0 Å². The predicted molar refractivity (Wildman–Crippen MR) is 35.4 cm³/mol. The molecule has 0 aromatic carbocycles. The summed E-state index contributed by atoms with van der Waals surface area (Å²) in [7, 11) is 2.19. The summed E-state index contributed by atoms with van der Waals surface area (Å²) >= 11 is 0. The first-order chi connectivity index (χ1) is 4.36. The van der Waals surface area contributed by atoms with E-state index >= 15 is 0 Å². The van der Waals surface area contributed by atoms with Gasteiger partial charge in [0, 0.05) is 12.6 Å². The number of rotatable bonds is 3. The predicted octanol–water partition coefficient (Wildman–Crippen LogP) is 0.479. The normalized spacial score (nSPS) is 33.3. The molecule has 1 aliphatic carbocycles. The number of likely N-dealkylation sites (N-methyl/N-ethyl adjacent to an activating group) is 1. The van der Waals surface area contributed by atoms with Gasteiger partial charge in [0.2, 0.25) is 0 Å². The highest BCUT2D eigenvalue weighted by Crippen LogP contribution is 2.26. The van der Waals surface area contributed by atoms with Gasteiger partial charge in [-0.05, 0) is 19.9 Å². The molecule has 0 spiro atoms. The SMILES string of the molecule is CN(C[C@H]1CO1)C1CC1. The molecular weight excluding hydrogens is 114 g/mol. The highest BCUT2D eigenvalue weighted by Gasteiger charge is 2.31. The van der Waals surface area contributed by atoms with Crippen LogP contribution < -0.4 is 0 Å². The Morgan fingerprint density at radius 1 is 1.56 bits per heavy atom. The average Bonchev–Trinajstić information content (AvgIpc) is 2.62. The average molecular weight is 127 g/mol. The Balaban J connectivity index is 1.69. The minimum Gasteiger partial charge on any atom is -0.372 e. The second-order valence-corrected chi connectivity index (χ2v) is 3.13. The van der Waals surface area contributed by atoms with Crippen molar-refractivity contribution < 1.29 is 4.74 Å². The van der Waals surface area contributed by atoms with Gasteiger partial charge in [-0.15, -0.1) is 0 Å². The summed E-state index contributed by atoms with van der Waals surface area (Å²) in [6.45, 7) is 2.15. The molecule has 2 heteroatoms. The lowest BCUT2D eigenvalue weighted by Gasteiger charge is -2.12. The monoisotopic (exact) mass is 127 g/mol. The fourth-order valence-electron chi connectivity index (χ4n) is 1.16. The number of hydrogen-bond acceptors (Lipinski definition) is 2. The summed E-state index contributed by atoms with van der Waals surface area (Å²) < 4.78 is 5.12. The van der Waals surface area contributed by atoms with E-state index in [-0.39, 0.29) is 0 Å². The summed E-state index contributed by atoms with van der Waals surface area (Å²) in [5.74, 6) is 0. The molecule has 1 saturated carbocycles. The van der Waals surface area contributed by atoms with Crippen LogP contribution in [0.5, 0.6) is 0 Å². The van der Waals surface area contributed by atoms with Crippen LogP contribution in [0.4, 0.5) is 0 Å². The van der Waals surface area contributed by atoms with Gasteiger partial charge in [-0.1, -0.05) is 0 Å². The molecule has 1 heterocycles. The third-order valence-corrected chi connectivity index (χ3v) is 2.06. The van der Waals surface area contributed by atoms with Crippen LogP contribution in [0.3, 0.4) is 0 Å². The van der Waals surface area contributed by atoms with E-state index in [1.165, 1.54) is 12.8 Å². The lowest BCUT2D eigenvalue weighted by Crippen LogP contribution is -2.25. The number of nitrogens with zero attached hydrogens (tertiary/aromatic N) is 1. The Bertz CT molecular complexity index is 107.